The number of fused-ring (bicyclic) bond motifs is 6. The molecule has 0 bridgehead atoms. The van der Waals surface area contributed by atoms with Gasteiger partial charge in [-0.3, -0.25) is 9.59 Å². The third-order valence-electron chi connectivity index (χ3n) is 14.0. The van der Waals surface area contributed by atoms with Crippen LogP contribution in [-0.2, 0) is 19.1 Å². The Balaban J connectivity index is 0.994. The van der Waals surface area contributed by atoms with E-state index in [2.05, 4.69) is 49.4 Å². The van der Waals surface area contributed by atoms with Gasteiger partial charge in [-0.05, 0) is 78.6 Å². The van der Waals surface area contributed by atoms with Gasteiger partial charge in [0.1, 0.15) is 35.3 Å². The number of halogens is 1. The number of hydrogen-bond acceptors (Lipinski definition) is 9. The Kier molecular flexibility index (Phi) is 12.3. The Morgan fingerprint density at radius 3 is 1.90 bits per heavy atom. The Hall–Kier alpha value is -7.69. The number of nitrogens with zero attached hydrogens (tertiary/aromatic N) is 5. The van der Waals surface area contributed by atoms with Gasteiger partial charge >= 0.3 is 12.2 Å². The van der Waals surface area contributed by atoms with Gasteiger partial charge in [0.15, 0.2) is 0 Å². The monoisotopic (exact) mass is 949 g/mol. The van der Waals surface area contributed by atoms with Crippen molar-refractivity contribution in [2.24, 2.45) is 11.8 Å². The molecule has 0 spiro atoms. The van der Waals surface area contributed by atoms with Crippen LogP contribution in [0.25, 0.3) is 55.4 Å². The van der Waals surface area contributed by atoms with E-state index in [-0.39, 0.29) is 35.7 Å². The van der Waals surface area contributed by atoms with Crippen LogP contribution in [0, 0.1) is 17.7 Å². The standard InChI is InChI=1S/C53H56FN9O7/c1-28(2)45(59-52(66)68-5)49(64)61-20-10-16-40(61)47-55-26-37(57-47)31-18-19-39-33(22-31)24-42-44-36(54)23-32(25-43(44)70-51(63(39)42)35-15-9-13-30-12-7-8-14-34(30)35)38-27-56-48(58-38)41-17-11-21-62(41)50(65)46(29(3)4)60-53(67)69-6/h7-9,12-15,18-19,22-29,40-41,45-46,51H,10-11,16-17,20-21H2,1-6H3,(H,55,57)(H,56,58)(H,59,66)(H,60,67)/t40-,41-,45-,46-,51?/m0/s1. The fourth-order valence-electron chi connectivity index (χ4n) is 10.5. The molecule has 362 valence electrons. The summed E-state index contributed by atoms with van der Waals surface area (Å²) in [5.41, 5.74) is 5.41. The summed E-state index contributed by atoms with van der Waals surface area (Å²) in [7, 11) is 2.54. The van der Waals surface area contributed by atoms with Gasteiger partial charge in [0.05, 0.1) is 66.9 Å². The van der Waals surface area contributed by atoms with Gasteiger partial charge in [0.2, 0.25) is 18.0 Å². The number of imidazole rings is 2. The number of rotatable bonds is 11. The number of benzene rings is 4. The molecule has 6 heterocycles. The molecule has 4 amide bonds. The summed E-state index contributed by atoms with van der Waals surface area (Å²) in [5.74, 6) is 0.354. The van der Waals surface area contributed by atoms with E-state index in [0.29, 0.717) is 65.8 Å². The van der Waals surface area contributed by atoms with Crippen LogP contribution in [0.3, 0.4) is 0 Å². The summed E-state index contributed by atoms with van der Waals surface area (Å²) in [4.78, 5) is 71.9. The first kappa shape index (κ1) is 46.1. The molecule has 3 aliphatic rings. The lowest BCUT2D eigenvalue weighted by Gasteiger charge is -2.31. The Bertz CT molecular complexity index is 3150. The van der Waals surface area contributed by atoms with Crippen molar-refractivity contribution in [3.8, 4) is 39.5 Å². The second-order valence-corrected chi connectivity index (χ2v) is 19.0. The number of likely N-dealkylation sites (tertiary alicyclic amines) is 2. The average Bonchev–Trinajstić information content (AvgIpc) is 4.23. The van der Waals surface area contributed by atoms with E-state index in [1.54, 1.807) is 22.2 Å². The highest BCUT2D eigenvalue weighted by molar-refractivity contribution is 5.94. The molecule has 0 radical (unpaired) electrons. The van der Waals surface area contributed by atoms with Crippen molar-refractivity contribution in [3.05, 3.63) is 114 Å². The SMILES string of the molecule is COC(=O)N[C@H](C(=O)N1CCC[C@H]1c1ncc(-c2cc(F)c3c(c2)OC(c2cccc4ccccc24)n2c-3cc3cc(-c4cnc([C@@H]5CCCN5C(=O)[C@@H](NC(=O)OC)C(C)C)[nH]4)ccc32)[nH]1)C(C)C. The van der Waals surface area contributed by atoms with Crippen LogP contribution in [0.1, 0.15) is 88.9 Å². The molecule has 17 heteroatoms. The van der Waals surface area contributed by atoms with Gasteiger partial charge in [-0.25, -0.2) is 23.9 Å². The molecule has 2 saturated heterocycles. The van der Waals surface area contributed by atoms with Crippen LogP contribution in [-0.4, -0.2) is 97.7 Å². The number of nitrogens with one attached hydrogen (secondary N) is 4. The maximum atomic E-state index is 17.0. The zero-order valence-electron chi connectivity index (χ0n) is 39.9. The van der Waals surface area contributed by atoms with E-state index in [9.17, 15) is 19.2 Å². The second kappa shape index (κ2) is 18.7. The number of aromatic nitrogens is 5. The molecule has 4 aromatic carbocycles. The van der Waals surface area contributed by atoms with Crippen molar-refractivity contribution < 1.29 is 37.8 Å². The van der Waals surface area contributed by atoms with Crippen molar-refractivity contribution >= 4 is 45.7 Å². The van der Waals surface area contributed by atoms with Crippen molar-refractivity contribution in [1.29, 1.82) is 0 Å². The number of carbonyl (C=O) groups is 4. The lowest BCUT2D eigenvalue weighted by Crippen LogP contribution is -2.51. The molecule has 0 saturated carbocycles. The molecule has 5 atom stereocenters. The van der Waals surface area contributed by atoms with Gasteiger partial charge in [-0.1, -0.05) is 76.2 Å². The van der Waals surface area contributed by atoms with Crippen molar-refractivity contribution in [3.63, 3.8) is 0 Å². The van der Waals surface area contributed by atoms with Gasteiger partial charge in [0.25, 0.3) is 0 Å². The molecule has 10 rings (SSSR count). The minimum atomic E-state index is -0.779. The molecule has 7 aromatic rings. The number of methoxy groups -OCH3 is 2. The maximum absolute atomic E-state index is 17.0. The van der Waals surface area contributed by atoms with Crippen LogP contribution in [0.4, 0.5) is 14.0 Å². The quantitative estimate of drug-likeness (QED) is 0.0979. The predicted molar refractivity (Wildman–Crippen MR) is 261 cm³/mol. The normalized spacial score (nSPS) is 18.4. The van der Waals surface area contributed by atoms with Crippen LogP contribution < -0.4 is 15.4 Å². The molecule has 16 nitrogen and oxygen atoms in total. The molecular formula is C53H56FN9O7. The largest absolute Gasteiger partial charge is 0.465 e. The molecule has 0 aliphatic carbocycles. The molecule has 4 N–H and O–H groups in total. The third kappa shape index (κ3) is 8.26. The summed E-state index contributed by atoms with van der Waals surface area (Å²) in [6.07, 6.45) is 4.35. The van der Waals surface area contributed by atoms with Crippen LogP contribution >= 0.6 is 0 Å². The summed E-state index contributed by atoms with van der Waals surface area (Å²) in [6.45, 7) is 8.55. The molecule has 3 aliphatic heterocycles. The van der Waals surface area contributed by atoms with Crippen molar-refractivity contribution in [2.45, 2.75) is 83.8 Å². The first-order valence-corrected chi connectivity index (χ1v) is 23.9. The molecule has 70 heavy (non-hydrogen) atoms. The smallest absolute Gasteiger partial charge is 0.407 e. The minimum Gasteiger partial charge on any atom is -0.465 e. The fraction of sp³-hybridized carbons (Fsp3) is 0.358. The van der Waals surface area contributed by atoms with Crippen LogP contribution in [0.5, 0.6) is 5.75 Å². The first-order chi connectivity index (χ1) is 33.8. The lowest BCUT2D eigenvalue weighted by molar-refractivity contribution is -0.136. The van der Waals surface area contributed by atoms with Crippen LogP contribution in [0.15, 0.2) is 91.3 Å². The summed E-state index contributed by atoms with van der Waals surface area (Å²) < 4.78 is 35.7. The van der Waals surface area contributed by atoms with Gasteiger partial charge < -0.3 is 49.2 Å². The van der Waals surface area contributed by atoms with Crippen molar-refractivity contribution in [1.82, 2.24) is 44.9 Å². The topological polar surface area (TPSA) is 189 Å². The van der Waals surface area contributed by atoms with Crippen LogP contribution in [0.2, 0.25) is 0 Å². The Labute approximate surface area is 403 Å². The predicted octanol–water partition coefficient (Wildman–Crippen LogP) is 9.41. The molecule has 3 aromatic heterocycles. The number of ether oxygens (including phenoxy) is 3. The lowest BCUT2D eigenvalue weighted by atomic mass is 10.00. The Morgan fingerprint density at radius 1 is 0.714 bits per heavy atom. The second-order valence-electron chi connectivity index (χ2n) is 19.0. The number of amides is 4. The number of aromatic amines is 2. The number of carbonyl (C=O) groups excluding carboxylic acids is 4. The summed E-state index contributed by atoms with van der Waals surface area (Å²) in [6, 6.07) is 23.4. The zero-order chi connectivity index (χ0) is 49.0. The van der Waals surface area contributed by atoms with E-state index in [4.69, 9.17) is 24.2 Å². The minimum absolute atomic E-state index is 0.158. The van der Waals surface area contributed by atoms with Crippen molar-refractivity contribution in [2.75, 3.05) is 27.3 Å². The maximum Gasteiger partial charge on any atom is 0.407 e. The van der Waals surface area contributed by atoms with Gasteiger partial charge in [-0.15, -0.1) is 0 Å². The van der Waals surface area contributed by atoms with E-state index >= 15 is 4.39 Å². The molecule has 1 unspecified atom stereocenters. The average molecular weight is 950 g/mol. The molecule has 2 fully saturated rings. The third-order valence-corrected chi connectivity index (χ3v) is 14.0. The summed E-state index contributed by atoms with van der Waals surface area (Å²) >= 11 is 0. The highest BCUT2D eigenvalue weighted by Crippen LogP contribution is 2.48. The van der Waals surface area contributed by atoms with Gasteiger partial charge in [-0.2, -0.15) is 0 Å². The fourth-order valence-corrected chi connectivity index (χ4v) is 10.5. The van der Waals surface area contributed by atoms with Gasteiger partial charge in [0, 0.05) is 35.2 Å². The number of alkyl carbamates (subject to hydrolysis) is 2. The van der Waals surface area contributed by atoms with E-state index in [1.165, 1.54) is 20.3 Å². The summed E-state index contributed by atoms with van der Waals surface area (Å²) in [5, 5.41) is 8.29. The highest BCUT2D eigenvalue weighted by atomic mass is 19.1. The molecular weight excluding hydrogens is 894 g/mol. The highest BCUT2D eigenvalue weighted by Gasteiger charge is 2.40. The Morgan fingerprint density at radius 2 is 1.30 bits per heavy atom. The van der Waals surface area contributed by atoms with E-state index in [1.807, 2.05) is 76.2 Å². The zero-order valence-corrected chi connectivity index (χ0v) is 39.9. The van der Waals surface area contributed by atoms with E-state index < -0.39 is 36.3 Å². The number of H-pyrrole nitrogens is 2. The van der Waals surface area contributed by atoms with E-state index in [0.717, 1.165) is 51.3 Å². The number of hydrogen-bond donors (Lipinski definition) is 4. The first-order valence-electron chi connectivity index (χ1n) is 23.9.